The molecule has 0 amide bonds. The minimum atomic E-state index is -2.94. The number of hydrogen-bond acceptors (Lipinski definition) is 3. The molecule has 6 heteroatoms. The minimum Gasteiger partial charge on any atom is -0.462 e. The van der Waals surface area contributed by atoms with E-state index in [1.807, 2.05) is 0 Å². The van der Waals surface area contributed by atoms with E-state index >= 15 is 0 Å². The van der Waals surface area contributed by atoms with E-state index in [0.29, 0.717) is 11.1 Å². The fourth-order valence-corrected chi connectivity index (χ4v) is 1.70. The summed E-state index contributed by atoms with van der Waals surface area (Å²) in [6, 6.07) is 2.77. The van der Waals surface area contributed by atoms with Crippen LogP contribution in [0.1, 0.15) is 28.4 Å². The standard InChI is InChI=1S/C12H13ClF2O3/c1-3-17-11(16)9-5-10(18-12(14)15)7(2)4-8(9)6-13/h4-5,12H,3,6H2,1-2H3. The Hall–Kier alpha value is -1.36. The number of hydrogen-bond donors (Lipinski definition) is 0. The number of aryl methyl sites for hydroxylation is 1. The van der Waals surface area contributed by atoms with Crippen LogP contribution in [0, 0.1) is 6.92 Å². The monoisotopic (exact) mass is 278 g/mol. The molecule has 0 aliphatic rings. The summed E-state index contributed by atoms with van der Waals surface area (Å²) in [7, 11) is 0. The number of esters is 1. The van der Waals surface area contributed by atoms with Gasteiger partial charge in [0.05, 0.1) is 12.2 Å². The second-order valence-electron chi connectivity index (χ2n) is 3.51. The summed E-state index contributed by atoms with van der Waals surface area (Å²) < 4.78 is 33.6. The molecule has 100 valence electrons. The lowest BCUT2D eigenvalue weighted by molar-refractivity contribution is -0.0503. The highest BCUT2D eigenvalue weighted by atomic mass is 35.5. The van der Waals surface area contributed by atoms with Gasteiger partial charge in [-0.1, -0.05) is 6.07 Å². The van der Waals surface area contributed by atoms with Crippen molar-refractivity contribution >= 4 is 17.6 Å². The van der Waals surface area contributed by atoms with Crippen LogP contribution >= 0.6 is 11.6 Å². The van der Waals surface area contributed by atoms with Gasteiger partial charge in [0.25, 0.3) is 0 Å². The molecule has 0 bridgehead atoms. The first-order valence-electron chi connectivity index (χ1n) is 5.31. The number of carbonyl (C=O) groups is 1. The molecular weight excluding hydrogens is 266 g/mol. The lowest BCUT2D eigenvalue weighted by Gasteiger charge is -2.13. The first kappa shape index (κ1) is 14.7. The van der Waals surface area contributed by atoms with Gasteiger partial charge in [-0.05, 0) is 31.0 Å². The molecular formula is C12H13ClF2O3. The average Bonchev–Trinajstić information content (AvgIpc) is 2.30. The number of rotatable bonds is 5. The fraction of sp³-hybridized carbons (Fsp3) is 0.417. The van der Waals surface area contributed by atoms with Gasteiger partial charge in [0.1, 0.15) is 5.75 Å². The van der Waals surface area contributed by atoms with Gasteiger partial charge >= 0.3 is 12.6 Å². The van der Waals surface area contributed by atoms with Crippen LogP contribution in [-0.4, -0.2) is 19.2 Å². The van der Waals surface area contributed by atoms with E-state index in [-0.39, 0.29) is 23.8 Å². The zero-order chi connectivity index (χ0) is 13.7. The van der Waals surface area contributed by atoms with Crippen molar-refractivity contribution in [2.75, 3.05) is 6.61 Å². The van der Waals surface area contributed by atoms with Crippen LogP contribution in [0.15, 0.2) is 12.1 Å². The van der Waals surface area contributed by atoms with Crippen LogP contribution in [0.5, 0.6) is 5.75 Å². The SMILES string of the molecule is CCOC(=O)c1cc(OC(F)F)c(C)cc1CCl. The normalized spacial score (nSPS) is 10.6. The molecule has 0 unspecified atom stereocenters. The third kappa shape index (κ3) is 3.57. The molecule has 1 rings (SSSR count). The third-order valence-electron chi connectivity index (χ3n) is 2.26. The first-order valence-corrected chi connectivity index (χ1v) is 5.84. The van der Waals surface area contributed by atoms with Crippen molar-refractivity contribution in [2.24, 2.45) is 0 Å². The molecule has 0 atom stereocenters. The number of carbonyl (C=O) groups excluding carboxylic acids is 1. The van der Waals surface area contributed by atoms with E-state index < -0.39 is 12.6 Å². The smallest absolute Gasteiger partial charge is 0.387 e. The molecule has 0 N–H and O–H groups in total. The number of halogens is 3. The van der Waals surface area contributed by atoms with Gasteiger partial charge in [-0.15, -0.1) is 11.6 Å². The Morgan fingerprint density at radius 3 is 2.61 bits per heavy atom. The van der Waals surface area contributed by atoms with Crippen molar-refractivity contribution in [3.8, 4) is 5.75 Å². The molecule has 0 radical (unpaired) electrons. The summed E-state index contributed by atoms with van der Waals surface area (Å²) in [6.07, 6.45) is 0. The Labute approximate surface area is 109 Å². The molecule has 0 fully saturated rings. The van der Waals surface area contributed by atoms with Crippen LogP contribution in [0.3, 0.4) is 0 Å². The summed E-state index contributed by atoms with van der Waals surface area (Å²) in [6.45, 7) is 0.506. The van der Waals surface area contributed by atoms with E-state index in [9.17, 15) is 13.6 Å². The first-order chi connectivity index (χ1) is 8.49. The molecule has 1 aromatic rings. The third-order valence-corrected chi connectivity index (χ3v) is 2.54. The molecule has 1 aromatic carbocycles. The van der Waals surface area contributed by atoms with E-state index in [0.717, 1.165) is 0 Å². The Bertz CT molecular complexity index is 436. The number of benzene rings is 1. The van der Waals surface area contributed by atoms with Gasteiger partial charge in [0.15, 0.2) is 0 Å². The predicted octanol–water partition coefficient (Wildman–Crippen LogP) is 3.51. The summed E-state index contributed by atoms with van der Waals surface area (Å²) in [5, 5.41) is 0. The highest BCUT2D eigenvalue weighted by Crippen LogP contribution is 2.26. The van der Waals surface area contributed by atoms with Crippen molar-refractivity contribution in [2.45, 2.75) is 26.3 Å². The average molecular weight is 279 g/mol. The van der Waals surface area contributed by atoms with Gasteiger partial charge in [-0.25, -0.2) is 4.79 Å². The summed E-state index contributed by atoms with van der Waals surface area (Å²) >= 11 is 5.71. The fourth-order valence-electron chi connectivity index (χ4n) is 1.48. The molecule has 3 nitrogen and oxygen atoms in total. The highest BCUT2D eigenvalue weighted by Gasteiger charge is 2.17. The van der Waals surface area contributed by atoms with E-state index in [4.69, 9.17) is 16.3 Å². The van der Waals surface area contributed by atoms with E-state index in [1.165, 1.54) is 12.1 Å². The van der Waals surface area contributed by atoms with Gasteiger partial charge < -0.3 is 9.47 Å². The topological polar surface area (TPSA) is 35.5 Å². The maximum Gasteiger partial charge on any atom is 0.387 e. The lowest BCUT2D eigenvalue weighted by Crippen LogP contribution is -2.10. The lowest BCUT2D eigenvalue weighted by atomic mass is 10.0. The largest absolute Gasteiger partial charge is 0.462 e. The van der Waals surface area contributed by atoms with Gasteiger partial charge in [0.2, 0.25) is 0 Å². The summed E-state index contributed by atoms with van der Waals surface area (Å²) in [5.74, 6) is -0.571. The zero-order valence-electron chi connectivity index (χ0n) is 10.0. The maximum atomic E-state index is 12.2. The molecule has 0 aliphatic heterocycles. The van der Waals surface area contributed by atoms with Gasteiger partial charge in [-0.3, -0.25) is 0 Å². The van der Waals surface area contributed by atoms with E-state index in [1.54, 1.807) is 13.8 Å². The maximum absolute atomic E-state index is 12.2. The minimum absolute atomic E-state index is 0.0538. The van der Waals surface area contributed by atoms with Gasteiger partial charge in [-0.2, -0.15) is 8.78 Å². The molecule has 0 aliphatic carbocycles. The predicted molar refractivity (Wildman–Crippen MR) is 63.3 cm³/mol. The number of alkyl halides is 3. The second kappa shape index (κ2) is 6.54. The van der Waals surface area contributed by atoms with Gasteiger partial charge in [0, 0.05) is 5.88 Å². The van der Waals surface area contributed by atoms with Crippen LogP contribution in [0.2, 0.25) is 0 Å². The Morgan fingerprint density at radius 2 is 2.11 bits per heavy atom. The zero-order valence-corrected chi connectivity index (χ0v) is 10.8. The van der Waals surface area contributed by atoms with Crippen LogP contribution in [0.25, 0.3) is 0 Å². The molecule has 18 heavy (non-hydrogen) atoms. The van der Waals surface area contributed by atoms with Crippen molar-refractivity contribution in [3.63, 3.8) is 0 Å². The molecule has 0 heterocycles. The van der Waals surface area contributed by atoms with Crippen LogP contribution in [-0.2, 0) is 10.6 Å². The van der Waals surface area contributed by atoms with Crippen molar-refractivity contribution < 1.29 is 23.0 Å². The van der Waals surface area contributed by atoms with E-state index in [2.05, 4.69) is 4.74 Å². The second-order valence-corrected chi connectivity index (χ2v) is 3.77. The highest BCUT2D eigenvalue weighted by molar-refractivity contribution is 6.17. The van der Waals surface area contributed by atoms with Crippen molar-refractivity contribution in [3.05, 3.63) is 28.8 Å². The van der Waals surface area contributed by atoms with Crippen molar-refractivity contribution in [1.29, 1.82) is 0 Å². The molecule has 0 spiro atoms. The quantitative estimate of drug-likeness (QED) is 0.611. The summed E-state index contributed by atoms with van der Waals surface area (Å²) in [4.78, 5) is 11.6. The Kier molecular flexibility index (Phi) is 5.34. The Morgan fingerprint density at radius 1 is 1.44 bits per heavy atom. The summed E-state index contributed by atoms with van der Waals surface area (Å²) in [5.41, 5.74) is 1.15. The molecule has 0 saturated heterocycles. The molecule has 0 saturated carbocycles. The van der Waals surface area contributed by atoms with Crippen LogP contribution < -0.4 is 4.74 Å². The Balaban J connectivity index is 3.17. The van der Waals surface area contributed by atoms with Crippen molar-refractivity contribution in [1.82, 2.24) is 0 Å². The number of ether oxygens (including phenoxy) is 2. The molecule has 0 aromatic heterocycles. The van der Waals surface area contributed by atoms with Crippen LogP contribution in [0.4, 0.5) is 8.78 Å².